The van der Waals surface area contributed by atoms with Crippen molar-refractivity contribution in [3.63, 3.8) is 0 Å². The Balaban J connectivity index is 1.98. The highest BCUT2D eigenvalue weighted by molar-refractivity contribution is 5.90. The standard InChI is InChI=1S/C19H21NO2/c1-19-9-8-13(21)10-12(19)4-6-16-15-7-5-14(22-3)11-17(15)20(2)18(16)19/h4-5,7,11H,6,8-10H2,1-3H3. The normalized spacial score (nSPS) is 24.0. The van der Waals surface area contributed by atoms with Gasteiger partial charge < -0.3 is 9.30 Å². The summed E-state index contributed by atoms with van der Waals surface area (Å²) in [4.78, 5) is 11.8. The van der Waals surface area contributed by atoms with E-state index in [1.54, 1.807) is 7.11 Å². The van der Waals surface area contributed by atoms with Crippen LogP contribution in [0.4, 0.5) is 0 Å². The van der Waals surface area contributed by atoms with Crippen LogP contribution in [-0.2, 0) is 23.7 Å². The lowest BCUT2D eigenvalue weighted by Crippen LogP contribution is -2.36. The van der Waals surface area contributed by atoms with Crippen molar-refractivity contribution in [1.82, 2.24) is 4.57 Å². The molecule has 1 fully saturated rings. The minimum Gasteiger partial charge on any atom is -0.497 e. The zero-order chi connectivity index (χ0) is 15.5. The molecule has 2 aliphatic rings. The molecular weight excluding hydrogens is 274 g/mol. The molecule has 0 radical (unpaired) electrons. The highest BCUT2D eigenvalue weighted by Gasteiger charge is 2.42. The van der Waals surface area contributed by atoms with Crippen LogP contribution in [0.5, 0.6) is 5.75 Å². The molecule has 114 valence electrons. The van der Waals surface area contributed by atoms with E-state index in [-0.39, 0.29) is 5.41 Å². The summed E-state index contributed by atoms with van der Waals surface area (Å²) in [7, 11) is 3.85. The van der Waals surface area contributed by atoms with E-state index in [0.29, 0.717) is 18.6 Å². The number of allylic oxidation sites excluding steroid dienone is 2. The monoisotopic (exact) mass is 295 g/mol. The Morgan fingerprint density at radius 1 is 1.32 bits per heavy atom. The fraction of sp³-hybridized carbons (Fsp3) is 0.421. The van der Waals surface area contributed by atoms with Gasteiger partial charge in [0.25, 0.3) is 0 Å². The minimum atomic E-state index is 0.00248. The van der Waals surface area contributed by atoms with Gasteiger partial charge in [0.15, 0.2) is 0 Å². The lowest BCUT2D eigenvalue weighted by atomic mass is 9.65. The first-order valence-corrected chi connectivity index (χ1v) is 7.91. The number of fused-ring (bicyclic) bond motifs is 5. The van der Waals surface area contributed by atoms with Crippen molar-refractivity contribution in [2.24, 2.45) is 7.05 Å². The van der Waals surface area contributed by atoms with Crippen LogP contribution in [0, 0.1) is 0 Å². The molecule has 2 aromatic rings. The number of aryl methyl sites for hydroxylation is 1. The molecule has 1 saturated carbocycles. The summed E-state index contributed by atoms with van der Waals surface area (Å²) in [5.41, 5.74) is 5.34. The number of ketones is 1. The number of benzene rings is 1. The van der Waals surface area contributed by atoms with Gasteiger partial charge in [0.1, 0.15) is 11.5 Å². The number of hydrogen-bond donors (Lipinski definition) is 0. The summed E-state index contributed by atoms with van der Waals surface area (Å²) < 4.78 is 7.70. The first kappa shape index (κ1) is 13.6. The van der Waals surface area contributed by atoms with Crippen LogP contribution < -0.4 is 4.74 Å². The highest BCUT2D eigenvalue weighted by atomic mass is 16.5. The number of ether oxygens (including phenoxy) is 1. The maximum absolute atomic E-state index is 11.8. The predicted octanol–water partition coefficient (Wildman–Crippen LogP) is 3.68. The first-order valence-electron chi connectivity index (χ1n) is 7.91. The quantitative estimate of drug-likeness (QED) is 0.752. The molecule has 0 N–H and O–H groups in total. The number of hydrogen-bond acceptors (Lipinski definition) is 2. The van der Waals surface area contributed by atoms with Crippen LogP contribution in [0.2, 0.25) is 0 Å². The largest absolute Gasteiger partial charge is 0.497 e. The highest BCUT2D eigenvalue weighted by Crippen LogP contribution is 2.48. The van der Waals surface area contributed by atoms with Crippen LogP contribution in [0.1, 0.15) is 37.4 Å². The molecule has 0 amide bonds. The first-order chi connectivity index (χ1) is 10.5. The Labute approximate surface area is 130 Å². The maximum atomic E-state index is 11.8. The summed E-state index contributed by atoms with van der Waals surface area (Å²) in [6, 6.07) is 6.32. The zero-order valence-electron chi connectivity index (χ0n) is 13.4. The third kappa shape index (κ3) is 1.65. The molecule has 1 unspecified atom stereocenters. The SMILES string of the molecule is COc1ccc2c3c(n(C)c2c1)C1(C)CCC(=O)CC1=CC3. The molecule has 0 aliphatic heterocycles. The Kier molecular flexibility index (Phi) is 2.77. The molecule has 1 heterocycles. The van der Waals surface area contributed by atoms with E-state index < -0.39 is 0 Å². The molecule has 1 atom stereocenters. The lowest BCUT2D eigenvalue weighted by Gasteiger charge is -2.40. The minimum absolute atomic E-state index is 0.00248. The van der Waals surface area contributed by atoms with Crippen molar-refractivity contribution >= 4 is 16.7 Å². The van der Waals surface area contributed by atoms with E-state index in [2.05, 4.69) is 36.7 Å². The number of nitrogens with zero attached hydrogens (tertiary/aromatic N) is 1. The van der Waals surface area contributed by atoms with Gasteiger partial charge in [0.05, 0.1) is 12.6 Å². The summed E-state index contributed by atoms with van der Waals surface area (Å²) in [5, 5.41) is 1.31. The molecule has 22 heavy (non-hydrogen) atoms. The molecule has 1 aromatic carbocycles. The van der Waals surface area contributed by atoms with E-state index in [1.807, 2.05) is 6.07 Å². The third-order valence-corrected chi connectivity index (χ3v) is 5.59. The number of Topliss-reactive ketones (excluding diaryl/α,β-unsaturated/α-hetero) is 1. The van der Waals surface area contributed by atoms with Gasteiger partial charge in [0.2, 0.25) is 0 Å². The topological polar surface area (TPSA) is 31.2 Å². The third-order valence-electron chi connectivity index (χ3n) is 5.59. The van der Waals surface area contributed by atoms with Crippen LogP contribution in [0.3, 0.4) is 0 Å². The van der Waals surface area contributed by atoms with E-state index in [1.165, 1.54) is 27.7 Å². The van der Waals surface area contributed by atoms with Gasteiger partial charge in [-0.25, -0.2) is 0 Å². The molecule has 4 rings (SSSR count). The molecule has 3 nitrogen and oxygen atoms in total. The fourth-order valence-corrected chi connectivity index (χ4v) is 4.37. The molecule has 1 aromatic heterocycles. The summed E-state index contributed by atoms with van der Waals surface area (Å²) in [5.74, 6) is 1.27. The zero-order valence-corrected chi connectivity index (χ0v) is 13.4. The van der Waals surface area contributed by atoms with Gasteiger partial charge in [-0.05, 0) is 30.5 Å². The van der Waals surface area contributed by atoms with E-state index in [4.69, 9.17) is 4.74 Å². The van der Waals surface area contributed by atoms with Gasteiger partial charge in [-0.2, -0.15) is 0 Å². The van der Waals surface area contributed by atoms with Crippen LogP contribution >= 0.6 is 0 Å². The number of carbonyl (C=O) groups is 1. The maximum Gasteiger partial charge on any atom is 0.137 e. The van der Waals surface area contributed by atoms with Gasteiger partial charge in [-0.15, -0.1) is 0 Å². The average Bonchev–Trinajstić information content (AvgIpc) is 2.81. The second-order valence-corrected chi connectivity index (χ2v) is 6.75. The van der Waals surface area contributed by atoms with Crippen molar-refractivity contribution < 1.29 is 9.53 Å². The Hall–Kier alpha value is -2.03. The van der Waals surface area contributed by atoms with Crippen molar-refractivity contribution in [3.05, 3.63) is 41.1 Å². The lowest BCUT2D eigenvalue weighted by molar-refractivity contribution is -0.119. The van der Waals surface area contributed by atoms with Crippen molar-refractivity contribution in [2.45, 2.75) is 38.0 Å². The second kappa shape index (κ2) is 4.48. The fourth-order valence-electron chi connectivity index (χ4n) is 4.37. The summed E-state index contributed by atoms with van der Waals surface area (Å²) in [6.45, 7) is 2.30. The van der Waals surface area contributed by atoms with Crippen molar-refractivity contribution in [1.29, 1.82) is 0 Å². The van der Waals surface area contributed by atoms with Crippen LogP contribution in [0.25, 0.3) is 10.9 Å². The van der Waals surface area contributed by atoms with Crippen molar-refractivity contribution in [3.8, 4) is 5.75 Å². The van der Waals surface area contributed by atoms with E-state index in [0.717, 1.165) is 18.6 Å². The number of methoxy groups -OCH3 is 1. The van der Waals surface area contributed by atoms with Gasteiger partial charge in [0, 0.05) is 42.5 Å². The number of carbonyl (C=O) groups excluding carboxylic acids is 1. The Bertz CT molecular complexity index is 828. The van der Waals surface area contributed by atoms with Gasteiger partial charge >= 0.3 is 0 Å². The smallest absolute Gasteiger partial charge is 0.137 e. The van der Waals surface area contributed by atoms with Crippen molar-refractivity contribution in [2.75, 3.05) is 7.11 Å². The van der Waals surface area contributed by atoms with Crippen LogP contribution in [0.15, 0.2) is 29.8 Å². The molecule has 0 saturated heterocycles. The summed E-state index contributed by atoms with van der Waals surface area (Å²) in [6.07, 6.45) is 5.46. The molecule has 0 bridgehead atoms. The second-order valence-electron chi connectivity index (χ2n) is 6.75. The predicted molar refractivity (Wildman–Crippen MR) is 87.5 cm³/mol. The molecule has 0 spiro atoms. The van der Waals surface area contributed by atoms with E-state index in [9.17, 15) is 4.79 Å². The molecule has 2 aliphatic carbocycles. The summed E-state index contributed by atoms with van der Waals surface area (Å²) >= 11 is 0. The van der Waals surface area contributed by atoms with Crippen LogP contribution in [-0.4, -0.2) is 17.5 Å². The number of aromatic nitrogens is 1. The molecular formula is C19H21NO2. The van der Waals surface area contributed by atoms with Gasteiger partial charge in [-0.3, -0.25) is 4.79 Å². The Morgan fingerprint density at radius 2 is 2.14 bits per heavy atom. The number of rotatable bonds is 1. The van der Waals surface area contributed by atoms with Gasteiger partial charge in [-0.1, -0.05) is 18.6 Å². The Morgan fingerprint density at radius 3 is 2.91 bits per heavy atom. The average molecular weight is 295 g/mol. The molecule has 3 heteroatoms. The van der Waals surface area contributed by atoms with E-state index >= 15 is 0 Å².